The highest BCUT2D eigenvalue weighted by atomic mass is 35.5. The lowest BCUT2D eigenvalue weighted by molar-refractivity contribution is 0.0955. The fraction of sp³-hybridized carbons (Fsp3) is 0. The number of aromatic nitrogens is 1. The van der Waals surface area contributed by atoms with Gasteiger partial charge in [0.2, 0.25) is 0 Å². The van der Waals surface area contributed by atoms with Crippen LogP contribution in [0.3, 0.4) is 0 Å². The molecular weight excluding hydrogens is 337 g/mol. The fourth-order valence-electron chi connectivity index (χ4n) is 1.42. The second-order valence-corrected chi connectivity index (χ2v) is 5.13. The minimum Gasteiger partial charge on any atom is -0.506 e. The van der Waals surface area contributed by atoms with Gasteiger partial charge in [-0.05, 0) is 24.3 Å². The Labute approximate surface area is 135 Å². The number of halogens is 3. The second kappa shape index (κ2) is 6.76. The minimum absolute atomic E-state index is 0.0946. The van der Waals surface area contributed by atoms with E-state index in [1.807, 2.05) is 0 Å². The molecule has 1 heterocycles. The van der Waals surface area contributed by atoms with Crippen LogP contribution in [0.2, 0.25) is 15.2 Å². The average molecular weight is 345 g/mol. The average Bonchev–Trinajstić information content (AvgIpc) is 2.44. The highest BCUT2D eigenvalue weighted by Gasteiger charge is 2.07. The van der Waals surface area contributed by atoms with Gasteiger partial charge in [0, 0.05) is 16.8 Å². The van der Waals surface area contributed by atoms with Gasteiger partial charge in [-0.3, -0.25) is 4.79 Å². The first-order chi connectivity index (χ1) is 9.97. The number of hydrogen-bond donors (Lipinski definition) is 2. The van der Waals surface area contributed by atoms with Crippen molar-refractivity contribution in [1.82, 2.24) is 10.4 Å². The summed E-state index contributed by atoms with van der Waals surface area (Å²) in [7, 11) is 0. The summed E-state index contributed by atoms with van der Waals surface area (Å²) in [6.45, 7) is 0. The molecule has 2 rings (SSSR count). The molecule has 0 atom stereocenters. The van der Waals surface area contributed by atoms with Crippen molar-refractivity contribution in [1.29, 1.82) is 0 Å². The van der Waals surface area contributed by atoms with Gasteiger partial charge in [0.15, 0.2) is 0 Å². The molecule has 5 nitrogen and oxygen atoms in total. The van der Waals surface area contributed by atoms with Crippen molar-refractivity contribution in [3.63, 3.8) is 0 Å². The Morgan fingerprint density at radius 3 is 2.71 bits per heavy atom. The Kier molecular flexibility index (Phi) is 5.01. The molecule has 0 aliphatic carbocycles. The monoisotopic (exact) mass is 343 g/mol. The molecular formula is C13H8Cl3N3O2. The van der Waals surface area contributed by atoms with Crippen molar-refractivity contribution in [2.75, 3.05) is 0 Å². The van der Waals surface area contributed by atoms with Crippen LogP contribution in [0.15, 0.2) is 35.6 Å². The van der Waals surface area contributed by atoms with Crippen molar-refractivity contribution in [3.05, 3.63) is 56.8 Å². The lowest BCUT2D eigenvalue weighted by Crippen LogP contribution is -2.17. The zero-order chi connectivity index (χ0) is 15.4. The summed E-state index contributed by atoms with van der Waals surface area (Å²) in [5.41, 5.74) is 2.86. The van der Waals surface area contributed by atoms with Gasteiger partial charge in [0.1, 0.15) is 10.9 Å². The van der Waals surface area contributed by atoms with Crippen LogP contribution in [0.1, 0.15) is 15.9 Å². The molecule has 2 N–H and O–H groups in total. The zero-order valence-corrected chi connectivity index (χ0v) is 12.6. The van der Waals surface area contributed by atoms with Gasteiger partial charge < -0.3 is 5.11 Å². The molecule has 0 spiro atoms. The number of carbonyl (C=O) groups excluding carboxylic acids is 1. The number of nitrogens with one attached hydrogen (secondary N) is 1. The van der Waals surface area contributed by atoms with E-state index in [0.717, 1.165) is 0 Å². The molecule has 1 amide bonds. The molecule has 0 aliphatic heterocycles. The maximum Gasteiger partial charge on any atom is 0.272 e. The van der Waals surface area contributed by atoms with Gasteiger partial charge in [-0.1, -0.05) is 34.8 Å². The maximum absolute atomic E-state index is 11.7. The van der Waals surface area contributed by atoms with Crippen molar-refractivity contribution in [2.45, 2.75) is 0 Å². The molecule has 0 bridgehead atoms. The fourth-order valence-corrected chi connectivity index (χ4v) is 2.04. The van der Waals surface area contributed by atoms with Gasteiger partial charge in [0.05, 0.1) is 16.8 Å². The minimum atomic E-state index is -0.469. The Hall–Kier alpha value is -1.82. The van der Waals surface area contributed by atoms with Crippen LogP contribution in [0.4, 0.5) is 0 Å². The summed E-state index contributed by atoms with van der Waals surface area (Å²) in [4.78, 5) is 15.5. The van der Waals surface area contributed by atoms with Gasteiger partial charge >= 0.3 is 0 Å². The molecule has 0 radical (unpaired) electrons. The number of hydrazone groups is 1. The van der Waals surface area contributed by atoms with Crippen molar-refractivity contribution in [2.24, 2.45) is 5.10 Å². The summed E-state index contributed by atoms with van der Waals surface area (Å²) in [6.07, 6.45) is 2.55. The van der Waals surface area contributed by atoms with Crippen molar-refractivity contribution >= 4 is 46.9 Å². The van der Waals surface area contributed by atoms with E-state index < -0.39 is 5.91 Å². The number of phenols is 1. The zero-order valence-electron chi connectivity index (χ0n) is 10.3. The molecule has 2 aromatic rings. The Morgan fingerprint density at radius 2 is 2.05 bits per heavy atom. The van der Waals surface area contributed by atoms with Crippen LogP contribution >= 0.6 is 34.8 Å². The number of amides is 1. The first-order valence-corrected chi connectivity index (χ1v) is 6.73. The van der Waals surface area contributed by atoms with Crippen molar-refractivity contribution < 1.29 is 9.90 Å². The van der Waals surface area contributed by atoms with Gasteiger partial charge in [-0.15, -0.1) is 0 Å². The normalized spacial score (nSPS) is 10.8. The number of carbonyl (C=O) groups is 1. The first kappa shape index (κ1) is 15.6. The van der Waals surface area contributed by atoms with Gasteiger partial charge in [-0.2, -0.15) is 5.10 Å². The predicted molar refractivity (Wildman–Crippen MR) is 82.4 cm³/mol. The summed E-state index contributed by atoms with van der Waals surface area (Å²) in [6, 6.07) is 5.85. The summed E-state index contributed by atoms with van der Waals surface area (Å²) in [5, 5.41) is 14.2. The third-order valence-corrected chi connectivity index (χ3v) is 3.15. The van der Waals surface area contributed by atoms with Crippen LogP contribution in [0.5, 0.6) is 5.75 Å². The Morgan fingerprint density at radius 1 is 1.29 bits per heavy atom. The highest BCUT2D eigenvalue weighted by Crippen LogP contribution is 2.29. The lowest BCUT2D eigenvalue weighted by Gasteiger charge is -2.03. The maximum atomic E-state index is 11.7. The van der Waals surface area contributed by atoms with E-state index >= 15 is 0 Å². The molecule has 0 fully saturated rings. The molecule has 0 saturated carbocycles. The number of pyridine rings is 1. The molecule has 0 unspecified atom stereocenters. The number of rotatable bonds is 3. The second-order valence-electron chi connectivity index (χ2n) is 3.89. The summed E-state index contributed by atoms with van der Waals surface area (Å²) < 4.78 is 0. The Bertz CT molecular complexity index is 703. The number of phenolic OH excluding ortho intramolecular Hbond substituents is 1. The van der Waals surface area contributed by atoms with Crippen LogP contribution < -0.4 is 5.43 Å². The first-order valence-electron chi connectivity index (χ1n) is 5.60. The molecule has 0 saturated heterocycles. The molecule has 21 heavy (non-hydrogen) atoms. The topological polar surface area (TPSA) is 74.6 Å². The molecule has 8 heteroatoms. The van der Waals surface area contributed by atoms with E-state index in [-0.39, 0.29) is 21.5 Å². The van der Waals surface area contributed by atoms with E-state index in [2.05, 4.69) is 15.5 Å². The van der Waals surface area contributed by atoms with Crippen LogP contribution in [0.25, 0.3) is 0 Å². The Balaban J connectivity index is 2.09. The summed E-state index contributed by atoms with van der Waals surface area (Å²) >= 11 is 17.2. The van der Waals surface area contributed by atoms with Crippen LogP contribution in [-0.4, -0.2) is 22.2 Å². The highest BCUT2D eigenvalue weighted by molar-refractivity contribution is 6.36. The number of aromatic hydroxyl groups is 1. The number of benzene rings is 1. The van der Waals surface area contributed by atoms with E-state index in [1.165, 1.54) is 36.7 Å². The largest absolute Gasteiger partial charge is 0.506 e. The van der Waals surface area contributed by atoms with E-state index in [4.69, 9.17) is 34.8 Å². The van der Waals surface area contributed by atoms with E-state index in [1.54, 1.807) is 0 Å². The third-order valence-electron chi connectivity index (χ3n) is 2.42. The van der Waals surface area contributed by atoms with Gasteiger partial charge in [0.25, 0.3) is 5.91 Å². The quantitative estimate of drug-likeness (QED) is 0.508. The van der Waals surface area contributed by atoms with Crippen LogP contribution in [-0.2, 0) is 0 Å². The molecule has 108 valence electrons. The molecule has 1 aromatic carbocycles. The van der Waals surface area contributed by atoms with E-state index in [0.29, 0.717) is 10.6 Å². The molecule has 0 aliphatic rings. The van der Waals surface area contributed by atoms with Gasteiger partial charge in [-0.25, -0.2) is 10.4 Å². The summed E-state index contributed by atoms with van der Waals surface area (Å²) in [5.74, 6) is -0.643. The SMILES string of the molecule is O=C(N/N=C/c1cc(Cl)cc(Cl)c1O)c1ccc(Cl)nc1. The lowest BCUT2D eigenvalue weighted by atomic mass is 10.2. The standard InChI is InChI=1S/C13H8Cl3N3O2/c14-9-3-8(12(20)10(15)4-9)6-18-19-13(21)7-1-2-11(16)17-5-7/h1-6,20H,(H,19,21)/b18-6+. The number of hydrogen-bond acceptors (Lipinski definition) is 4. The molecule has 1 aromatic heterocycles. The van der Waals surface area contributed by atoms with Crippen molar-refractivity contribution in [3.8, 4) is 5.75 Å². The number of nitrogens with zero attached hydrogens (tertiary/aromatic N) is 2. The third kappa shape index (κ3) is 4.07. The van der Waals surface area contributed by atoms with Crippen LogP contribution in [0, 0.1) is 0 Å². The van der Waals surface area contributed by atoms with E-state index in [9.17, 15) is 9.90 Å². The predicted octanol–water partition coefficient (Wildman–Crippen LogP) is 3.51. The smallest absolute Gasteiger partial charge is 0.272 e.